The summed E-state index contributed by atoms with van der Waals surface area (Å²) >= 11 is 0. The number of hydrogen-bond donors (Lipinski definition) is 1. The summed E-state index contributed by atoms with van der Waals surface area (Å²) < 4.78 is 2.03. The van der Waals surface area contributed by atoms with E-state index in [-0.39, 0.29) is 0 Å². The second-order valence-electron chi connectivity index (χ2n) is 4.58. The molecule has 1 aromatic carbocycles. The van der Waals surface area contributed by atoms with Gasteiger partial charge in [0.2, 0.25) is 0 Å². The van der Waals surface area contributed by atoms with Crippen LogP contribution in [0, 0.1) is 6.92 Å². The Morgan fingerprint density at radius 3 is 2.67 bits per heavy atom. The van der Waals surface area contributed by atoms with Crippen LogP contribution >= 0.6 is 0 Å². The topological polar surface area (TPSA) is 47.1 Å². The molecule has 0 spiro atoms. The normalized spacial score (nSPS) is 10.6. The van der Waals surface area contributed by atoms with Gasteiger partial charge in [0.15, 0.2) is 0 Å². The molecule has 4 nitrogen and oxygen atoms in total. The van der Waals surface area contributed by atoms with Crippen molar-refractivity contribution in [1.29, 1.82) is 0 Å². The Hall–Kier alpha value is -1.81. The van der Waals surface area contributed by atoms with E-state index in [1.807, 2.05) is 10.9 Å². The lowest BCUT2D eigenvalue weighted by Gasteiger charge is -2.18. The molecule has 2 N–H and O–H groups in total. The molecule has 0 saturated heterocycles. The predicted octanol–water partition coefficient (Wildman–Crippen LogP) is 1.79. The molecule has 18 heavy (non-hydrogen) atoms. The fraction of sp³-hybridized carbons (Fsp3) is 0.357. The van der Waals surface area contributed by atoms with E-state index >= 15 is 0 Å². The van der Waals surface area contributed by atoms with E-state index in [4.69, 9.17) is 5.73 Å². The zero-order valence-electron chi connectivity index (χ0n) is 11.0. The van der Waals surface area contributed by atoms with Gasteiger partial charge in [-0.05, 0) is 19.1 Å². The second kappa shape index (κ2) is 5.69. The van der Waals surface area contributed by atoms with E-state index < -0.39 is 0 Å². The van der Waals surface area contributed by atoms with Crippen LogP contribution < -0.4 is 10.6 Å². The third-order valence-electron chi connectivity index (χ3n) is 2.95. The summed E-state index contributed by atoms with van der Waals surface area (Å²) in [6, 6.07) is 8.51. The van der Waals surface area contributed by atoms with Crippen LogP contribution in [-0.2, 0) is 13.1 Å². The van der Waals surface area contributed by atoms with Crippen LogP contribution in [0.4, 0.5) is 5.69 Å². The first-order valence-corrected chi connectivity index (χ1v) is 6.17. The number of aromatic nitrogens is 2. The van der Waals surface area contributed by atoms with Crippen molar-refractivity contribution in [2.75, 3.05) is 18.5 Å². The van der Waals surface area contributed by atoms with Gasteiger partial charge in [-0.1, -0.05) is 17.7 Å². The van der Waals surface area contributed by atoms with Crippen LogP contribution in [0.3, 0.4) is 0 Å². The molecule has 0 aliphatic rings. The summed E-state index contributed by atoms with van der Waals surface area (Å²) in [5.41, 5.74) is 9.06. The van der Waals surface area contributed by atoms with Crippen molar-refractivity contribution in [2.45, 2.75) is 20.0 Å². The minimum atomic E-state index is 0.642. The third-order valence-corrected chi connectivity index (χ3v) is 2.95. The van der Waals surface area contributed by atoms with Gasteiger partial charge >= 0.3 is 0 Å². The number of anilines is 1. The molecular formula is C14H20N4. The van der Waals surface area contributed by atoms with Gasteiger partial charge in [-0.2, -0.15) is 0 Å². The lowest BCUT2D eigenvalue weighted by atomic mass is 10.2. The van der Waals surface area contributed by atoms with Crippen LogP contribution in [0.1, 0.15) is 11.3 Å². The molecule has 0 saturated carbocycles. The van der Waals surface area contributed by atoms with Gasteiger partial charge in [0.05, 0.1) is 18.6 Å². The molecule has 0 amide bonds. The summed E-state index contributed by atoms with van der Waals surface area (Å²) in [6.45, 7) is 4.36. The SMILES string of the molecule is Cc1ccc(N(C)Cc2cn(CCN)cn2)cc1. The summed E-state index contributed by atoms with van der Waals surface area (Å²) in [7, 11) is 2.08. The van der Waals surface area contributed by atoms with Crippen molar-refractivity contribution in [1.82, 2.24) is 9.55 Å². The monoisotopic (exact) mass is 244 g/mol. The van der Waals surface area contributed by atoms with Crippen molar-refractivity contribution in [3.63, 3.8) is 0 Å². The van der Waals surface area contributed by atoms with Gasteiger partial charge in [-0.3, -0.25) is 0 Å². The summed E-state index contributed by atoms with van der Waals surface area (Å²) in [5, 5.41) is 0. The van der Waals surface area contributed by atoms with Crippen molar-refractivity contribution >= 4 is 5.69 Å². The summed E-state index contributed by atoms with van der Waals surface area (Å²) in [4.78, 5) is 6.57. The van der Waals surface area contributed by atoms with Gasteiger partial charge in [-0.25, -0.2) is 4.98 Å². The molecule has 0 atom stereocenters. The second-order valence-corrected chi connectivity index (χ2v) is 4.58. The number of benzene rings is 1. The molecule has 0 aliphatic heterocycles. The van der Waals surface area contributed by atoms with Gasteiger partial charge in [-0.15, -0.1) is 0 Å². The van der Waals surface area contributed by atoms with Crippen molar-refractivity contribution in [3.8, 4) is 0 Å². The van der Waals surface area contributed by atoms with Crippen LogP contribution in [0.15, 0.2) is 36.8 Å². The Morgan fingerprint density at radius 2 is 2.00 bits per heavy atom. The Morgan fingerprint density at radius 1 is 1.28 bits per heavy atom. The fourth-order valence-electron chi connectivity index (χ4n) is 1.89. The molecule has 1 aromatic heterocycles. The van der Waals surface area contributed by atoms with Crippen molar-refractivity contribution in [2.24, 2.45) is 5.73 Å². The molecule has 0 unspecified atom stereocenters. The molecule has 1 heterocycles. The molecule has 0 aliphatic carbocycles. The van der Waals surface area contributed by atoms with E-state index in [0.717, 1.165) is 18.8 Å². The van der Waals surface area contributed by atoms with Crippen LogP contribution in [0.5, 0.6) is 0 Å². The molecule has 0 radical (unpaired) electrons. The first-order valence-electron chi connectivity index (χ1n) is 6.17. The first kappa shape index (κ1) is 12.6. The minimum Gasteiger partial charge on any atom is -0.369 e. The van der Waals surface area contributed by atoms with Crippen LogP contribution in [0.2, 0.25) is 0 Å². The highest BCUT2D eigenvalue weighted by Gasteiger charge is 2.04. The highest BCUT2D eigenvalue weighted by Crippen LogP contribution is 2.15. The number of nitrogens with two attached hydrogens (primary N) is 1. The lowest BCUT2D eigenvalue weighted by molar-refractivity contribution is 0.706. The third kappa shape index (κ3) is 3.11. The van der Waals surface area contributed by atoms with E-state index in [9.17, 15) is 0 Å². The number of hydrogen-bond acceptors (Lipinski definition) is 3. The number of rotatable bonds is 5. The minimum absolute atomic E-state index is 0.642. The van der Waals surface area contributed by atoms with E-state index in [1.54, 1.807) is 0 Å². The molecule has 96 valence electrons. The smallest absolute Gasteiger partial charge is 0.0950 e. The average Bonchev–Trinajstić information content (AvgIpc) is 2.78. The largest absolute Gasteiger partial charge is 0.369 e. The molecule has 0 fully saturated rings. The number of aryl methyl sites for hydroxylation is 1. The Balaban J connectivity index is 2.01. The van der Waals surface area contributed by atoms with Crippen molar-refractivity contribution in [3.05, 3.63) is 48.0 Å². The molecule has 0 bridgehead atoms. The predicted molar refractivity (Wildman–Crippen MR) is 74.6 cm³/mol. The van der Waals surface area contributed by atoms with E-state index in [2.05, 4.69) is 54.3 Å². The Kier molecular flexibility index (Phi) is 3.99. The van der Waals surface area contributed by atoms with Gasteiger partial charge in [0, 0.05) is 32.0 Å². The lowest BCUT2D eigenvalue weighted by Crippen LogP contribution is -2.16. The average molecular weight is 244 g/mol. The molecule has 2 aromatic rings. The molecule has 4 heteroatoms. The standard InChI is InChI=1S/C14H20N4/c1-12-3-5-14(6-4-12)17(2)9-13-10-18(8-7-15)11-16-13/h3-6,10-11H,7-9,15H2,1-2H3. The summed E-state index contributed by atoms with van der Waals surface area (Å²) in [6.07, 6.45) is 3.89. The number of nitrogens with zero attached hydrogens (tertiary/aromatic N) is 3. The Labute approximate surface area is 108 Å². The van der Waals surface area contributed by atoms with Crippen molar-refractivity contribution < 1.29 is 0 Å². The quantitative estimate of drug-likeness (QED) is 0.872. The van der Waals surface area contributed by atoms with E-state index in [0.29, 0.717) is 6.54 Å². The van der Waals surface area contributed by atoms with Gasteiger partial charge in [0.25, 0.3) is 0 Å². The molecule has 2 rings (SSSR count). The zero-order chi connectivity index (χ0) is 13.0. The molecular weight excluding hydrogens is 224 g/mol. The van der Waals surface area contributed by atoms with Crippen LogP contribution in [0.25, 0.3) is 0 Å². The van der Waals surface area contributed by atoms with Gasteiger partial charge < -0.3 is 15.2 Å². The Bertz CT molecular complexity index is 487. The highest BCUT2D eigenvalue weighted by molar-refractivity contribution is 5.46. The fourth-order valence-corrected chi connectivity index (χ4v) is 1.89. The maximum absolute atomic E-state index is 5.52. The maximum Gasteiger partial charge on any atom is 0.0950 e. The highest BCUT2D eigenvalue weighted by atomic mass is 15.1. The maximum atomic E-state index is 5.52. The summed E-state index contributed by atoms with van der Waals surface area (Å²) in [5.74, 6) is 0. The van der Waals surface area contributed by atoms with E-state index in [1.165, 1.54) is 11.3 Å². The number of imidazole rings is 1. The zero-order valence-corrected chi connectivity index (χ0v) is 11.0. The first-order chi connectivity index (χ1) is 8.69. The van der Waals surface area contributed by atoms with Crippen LogP contribution in [-0.4, -0.2) is 23.1 Å². The van der Waals surface area contributed by atoms with Gasteiger partial charge in [0.1, 0.15) is 0 Å².